The van der Waals surface area contributed by atoms with Gasteiger partial charge in [-0.1, -0.05) is 29.5 Å². The number of hydrogen-bond acceptors (Lipinski definition) is 10. The number of benzene rings is 1. The van der Waals surface area contributed by atoms with Crippen LogP contribution in [-0.2, 0) is 7.05 Å². The van der Waals surface area contributed by atoms with E-state index in [1.165, 1.54) is 11.3 Å². The molecule has 2 fully saturated rings. The Bertz CT molecular complexity index is 1430. The van der Waals surface area contributed by atoms with Gasteiger partial charge in [-0.2, -0.15) is 5.10 Å². The summed E-state index contributed by atoms with van der Waals surface area (Å²) in [6.07, 6.45) is 5.65. The molecule has 37 heavy (non-hydrogen) atoms. The second-order valence-electron chi connectivity index (χ2n) is 9.45. The molecule has 1 amide bonds. The minimum Gasteiger partial charge on any atom is -0.391 e. The highest BCUT2D eigenvalue weighted by Crippen LogP contribution is 2.32. The maximum Gasteiger partial charge on any atom is 0.284 e. The number of aryl methyl sites for hydroxylation is 1. The number of nitrogens with zero attached hydrogens (tertiary/aromatic N) is 7. The van der Waals surface area contributed by atoms with Crippen LogP contribution in [0.5, 0.6) is 0 Å². The van der Waals surface area contributed by atoms with Crippen LogP contribution in [0, 0.1) is 5.92 Å². The summed E-state index contributed by atoms with van der Waals surface area (Å²) in [4.78, 5) is 24.0. The summed E-state index contributed by atoms with van der Waals surface area (Å²) >= 11 is 1.22. The first kappa shape index (κ1) is 23.6. The van der Waals surface area contributed by atoms with E-state index < -0.39 is 6.10 Å². The Kier molecular flexibility index (Phi) is 6.37. The first-order valence-corrected chi connectivity index (χ1v) is 13.1. The van der Waals surface area contributed by atoms with E-state index in [0.717, 1.165) is 36.3 Å². The fourth-order valence-electron chi connectivity index (χ4n) is 4.43. The molecule has 0 radical (unpaired) electrons. The quantitative estimate of drug-likeness (QED) is 0.336. The molecule has 1 aromatic carbocycles. The van der Waals surface area contributed by atoms with E-state index in [2.05, 4.69) is 37.0 Å². The number of likely N-dealkylation sites (tertiary alicyclic amines) is 1. The van der Waals surface area contributed by atoms with Gasteiger partial charge in [0.15, 0.2) is 10.8 Å². The average Bonchev–Trinajstić information content (AvgIpc) is 3.64. The largest absolute Gasteiger partial charge is 0.391 e. The number of β-amino-alcohol motifs (C(OH)–C–C–N with tert-alkyl or cyclic N) is 1. The summed E-state index contributed by atoms with van der Waals surface area (Å²) in [7, 11) is 1.89. The summed E-state index contributed by atoms with van der Waals surface area (Å²) in [6.45, 7) is 3.54. The SMILES string of the molecule is Cn1cc(-c2cccc(-c3ncc(-c4nnc(C(=O)N5CC[C@@H](O)C5)s4)c(NCC4CNC4)n3)c2)cn1. The monoisotopic (exact) mass is 517 g/mol. The smallest absolute Gasteiger partial charge is 0.284 e. The highest BCUT2D eigenvalue weighted by molar-refractivity contribution is 7.16. The molecule has 12 heteroatoms. The molecular formula is C25H27N9O2S. The lowest BCUT2D eigenvalue weighted by Crippen LogP contribution is -2.45. The minimum atomic E-state index is -0.481. The first-order chi connectivity index (χ1) is 18.0. The number of aliphatic hydroxyl groups excluding tert-OH is 1. The third-order valence-corrected chi connectivity index (χ3v) is 7.61. The number of nitrogens with one attached hydrogen (secondary N) is 2. The van der Waals surface area contributed by atoms with Gasteiger partial charge in [-0.25, -0.2) is 9.97 Å². The molecule has 1 atom stereocenters. The second-order valence-corrected chi connectivity index (χ2v) is 10.4. The van der Waals surface area contributed by atoms with E-state index >= 15 is 0 Å². The molecule has 0 unspecified atom stereocenters. The van der Waals surface area contributed by atoms with Crippen molar-refractivity contribution in [2.75, 3.05) is 38.0 Å². The van der Waals surface area contributed by atoms with Crippen LogP contribution in [0.1, 0.15) is 16.2 Å². The van der Waals surface area contributed by atoms with E-state index in [9.17, 15) is 9.90 Å². The van der Waals surface area contributed by atoms with Crippen LogP contribution in [0.2, 0.25) is 0 Å². The number of amides is 1. The van der Waals surface area contributed by atoms with Crippen LogP contribution >= 0.6 is 11.3 Å². The van der Waals surface area contributed by atoms with Crippen molar-refractivity contribution in [3.63, 3.8) is 0 Å². The zero-order valence-corrected chi connectivity index (χ0v) is 21.1. The molecule has 2 aliphatic rings. The third-order valence-electron chi connectivity index (χ3n) is 6.66. The number of hydrogen-bond donors (Lipinski definition) is 3. The molecule has 6 rings (SSSR count). The molecule has 4 aromatic rings. The summed E-state index contributed by atoms with van der Waals surface area (Å²) < 4.78 is 1.78. The molecular weight excluding hydrogens is 490 g/mol. The average molecular weight is 518 g/mol. The van der Waals surface area contributed by atoms with Gasteiger partial charge < -0.3 is 20.6 Å². The van der Waals surface area contributed by atoms with Gasteiger partial charge in [0.1, 0.15) is 5.82 Å². The highest BCUT2D eigenvalue weighted by Gasteiger charge is 2.28. The van der Waals surface area contributed by atoms with E-state index in [1.807, 2.05) is 37.6 Å². The van der Waals surface area contributed by atoms with Crippen molar-refractivity contribution in [1.29, 1.82) is 0 Å². The van der Waals surface area contributed by atoms with Crippen LogP contribution < -0.4 is 10.6 Å². The zero-order valence-electron chi connectivity index (χ0n) is 20.3. The Balaban J connectivity index is 1.31. The molecule has 190 valence electrons. The van der Waals surface area contributed by atoms with E-state index in [1.54, 1.807) is 15.8 Å². The Morgan fingerprint density at radius 2 is 2.08 bits per heavy atom. The number of carbonyl (C=O) groups is 1. The van der Waals surface area contributed by atoms with Gasteiger partial charge in [0.05, 0.1) is 17.9 Å². The van der Waals surface area contributed by atoms with Crippen molar-refractivity contribution >= 4 is 23.1 Å². The Morgan fingerprint density at radius 1 is 1.22 bits per heavy atom. The van der Waals surface area contributed by atoms with Crippen LogP contribution in [0.15, 0.2) is 42.9 Å². The summed E-state index contributed by atoms with van der Waals surface area (Å²) in [5, 5.41) is 30.1. The maximum atomic E-state index is 12.8. The van der Waals surface area contributed by atoms with Crippen molar-refractivity contribution in [1.82, 2.24) is 40.2 Å². The molecule has 2 saturated heterocycles. The van der Waals surface area contributed by atoms with Gasteiger partial charge in [0, 0.05) is 69.2 Å². The third kappa shape index (κ3) is 4.95. The van der Waals surface area contributed by atoms with Crippen molar-refractivity contribution in [3.05, 3.63) is 47.9 Å². The van der Waals surface area contributed by atoms with Crippen molar-refractivity contribution in [3.8, 4) is 33.1 Å². The molecule has 11 nitrogen and oxygen atoms in total. The summed E-state index contributed by atoms with van der Waals surface area (Å²) in [5.74, 6) is 1.57. The van der Waals surface area contributed by atoms with Crippen LogP contribution in [0.3, 0.4) is 0 Å². The number of anilines is 1. The highest BCUT2D eigenvalue weighted by atomic mass is 32.1. The summed E-state index contributed by atoms with van der Waals surface area (Å²) in [5.41, 5.74) is 3.65. The first-order valence-electron chi connectivity index (χ1n) is 12.3. The predicted molar refractivity (Wildman–Crippen MR) is 140 cm³/mol. The lowest BCUT2D eigenvalue weighted by Gasteiger charge is -2.27. The van der Waals surface area contributed by atoms with Crippen LogP contribution in [0.25, 0.3) is 33.1 Å². The molecule has 0 spiro atoms. The van der Waals surface area contributed by atoms with Crippen molar-refractivity contribution < 1.29 is 9.90 Å². The number of aliphatic hydroxyl groups is 1. The summed E-state index contributed by atoms with van der Waals surface area (Å²) in [6, 6.07) is 8.06. The molecule has 0 bridgehead atoms. The minimum absolute atomic E-state index is 0.208. The molecule has 0 saturated carbocycles. The fourth-order valence-corrected chi connectivity index (χ4v) is 5.26. The Labute approximate surface area is 217 Å². The topological polar surface area (TPSA) is 134 Å². The Hall–Kier alpha value is -3.74. The molecule has 2 aliphatic heterocycles. The fraction of sp³-hybridized carbons (Fsp3) is 0.360. The normalized spacial score (nSPS) is 17.7. The zero-order chi connectivity index (χ0) is 25.4. The molecule has 0 aliphatic carbocycles. The van der Waals surface area contributed by atoms with E-state index in [4.69, 9.17) is 4.98 Å². The molecule has 3 N–H and O–H groups in total. The van der Waals surface area contributed by atoms with Gasteiger partial charge in [-0.05, 0) is 18.1 Å². The maximum absolute atomic E-state index is 12.8. The molecule has 5 heterocycles. The van der Waals surface area contributed by atoms with E-state index in [0.29, 0.717) is 52.6 Å². The number of carbonyl (C=O) groups excluding carboxylic acids is 1. The van der Waals surface area contributed by atoms with Crippen LogP contribution in [-0.4, -0.2) is 84.7 Å². The van der Waals surface area contributed by atoms with Gasteiger partial charge in [0.2, 0.25) is 5.01 Å². The van der Waals surface area contributed by atoms with Crippen LogP contribution in [0.4, 0.5) is 5.82 Å². The lowest BCUT2D eigenvalue weighted by molar-refractivity contribution is 0.0763. The number of aromatic nitrogens is 6. The number of rotatable bonds is 7. The molecule has 3 aromatic heterocycles. The van der Waals surface area contributed by atoms with Gasteiger partial charge in [-0.3, -0.25) is 9.48 Å². The second kappa shape index (κ2) is 9.96. The van der Waals surface area contributed by atoms with Crippen molar-refractivity contribution in [2.24, 2.45) is 13.0 Å². The van der Waals surface area contributed by atoms with Gasteiger partial charge in [-0.15, -0.1) is 10.2 Å². The standard InChI is InChI=1S/C25H27N9O2S/c1-33-13-18(11-29-33)16-3-2-4-17(7-16)21-28-12-20(22(30-21)27-10-15-8-26-9-15)23-31-32-24(37-23)25(36)34-6-5-19(35)14-34/h2-4,7,11-13,15,19,26,35H,5-6,8-10,14H2,1H3,(H,27,28,30)/t19-/m1/s1. The predicted octanol–water partition coefficient (Wildman–Crippen LogP) is 1.90. The van der Waals surface area contributed by atoms with Crippen molar-refractivity contribution in [2.45, 2.75) is 12.5 Å². The lowest BCUT2D eigenvalue weighted by atomic mass is 10.0. The van der Waals surface area contributed by atoms with E-state index in [-0.39, 0.29) is 5.91 Å². The Morgan fingerprint density at radius 3 is 2.81 bits per heavy atom. The van der Waals surface area contributed by atoms with Gasteiger partial charge in [0.25, 0.3) is 5.91 Å². The van der Waals surface area contributed by atoms with Gasteiger partial charge >= 0.3 is 0 Å².